The van der Waals surface area contributed by atoms with E-state index >= 15 is 0 Å². The number of methoxy groups -OCH3 is 1. The van der Waals surface area contributed by atoms with Gasteiger partial charge in [-0.15, -0.1) is 0 Å². The summed E-state index contributed by atoms with van der Waals surface area (Å²) in [6.07, 6.45) is 35.9. The molecule has 38 heteroatoms. The summed E-state index contributed by atoms with van der Waals surface area (Å²) in [5.41, 5.74) is 10.3. The smallest absolute Gasteiger partial charge is 1.00 e. The Morgan fingerprint density at radius 2 is 0.913 bits per heavy atom. The molecule has 26 nitrogen and oxygen atoms in total. The summed E-state index contributed by atoms with van der Waals surface area (Å²) in [5.74, 6) is 1.58. The van der Waals surface area contributed by atoms with Crippen molar-refractivity contribution in [2.45, 2.75) is 202 Å². The Morgan fingerprint density at radius 3 is 1.28 bits per heavy atom. The van der Waals surface area contributed by atoms with E-state index in [4.69, 9.17) is 34.9 Å². The van der Waals surface area contributed by atoms with Gasteiger partial charge in [0.05, 0.1) is 55.3 Å². The number of amides is 5. The molecule has 3 saturated carbocycles. The second-order valence-electron chi connectivity index (χ2n) is 30.7. The largest absolute Gasteiger partial charge is 1.00 e. The van der Waals surface area contributed by atoms with Crippen molar-refractivity contribution in [3.8, 4) is 5.75 Å². The van der Waals surface area contributed by atoms with Crippen LogP contribution in [0.1, 0.15) is 223 Å². The predicted octanol–water partition coefficient (Wildman–Crippen LogP) is 20.1. The van der Waals surface area contributed by atoms with E-state index in [0.717, 1.165) is 113 Å². The van der Waals surface area contributed by atoms with Crippen LogP contribution in [0.5, 0.6) is 5.75 Å². The predicted molar refractivity (Wildman–Crippen MR) is 537 cm³/mol. The Labute approximate surface area is 862 Å². The number of nitrogens with zero attached hydrogens (tertiary/aromatic N) is 8. The third-order valence-corrected chi connectivity index (χ3v) is 19.4. The van der Waals surface area contributed by atoms with Crippen molar-refractivity contribution in [2.75, 3.05) is 27.3 Å². The van der Waals surface area contributed by atoms with Gasteiger partial charge < -0.3 is 63.0 Å². The Kier molecular flexibility index (Phi) is 66.3. The molecule has 0 saturated heterocycles. The first-order valence-corrected chi connectivity index (χ1v) is 58.1. The number of carbonyl (C=O) groups is 8. The third-order valence-electron chi connectivity index (χ3n) is 16.8. The first-order valence-electron chi connectivity index (χ1n) is 39.8. The van der Waals surface area contributed by atoms with Crippen LogP contribution in [-0.2, 0) is 61.4 Å². The zero-order valence-corrected chi connectivity index (χ0v) is 93.3. The molecule has 127 heavy (non-hydrogen) atoms. The summed E-state index contributed by atoms with van der Waals surface area (Å²) < 4.78 is 29.9. The third kappa shape index (κ3) is 56.5. The molecule has 5 amide bonds. The monoisotopic (exact) mass is 2520 g/mol. The Morgan fingerprint density at radius 1 is 0.567 bits per heavy atom. The minimum atomic E-state index is -1.06. The molecule has 2 aromatic carbocycles. The quantitative estimate of drug-likeness (QED) is 0.00986. The molecule has 2 aliphatic heterocycles. The molecule has 5 aliphatic rings. The molecule has 0 atom stereocenters. The van der Waals surface area contributed by atoms with E-state index in [1.165, 1.54) is 74.7 Å². The van der Waals surface area contributed by atoms with Crippen LogP contribution in [0.15, 0.2) is 186 Å². The first-order chi connectivity index (χ1) is 59.2. The molecule has 3 fully saturated rings. The molecule has 8 aromatic rings. The second kappa shape index (κ2) is 68.6. The van der Waals surface area contributed by atoms with Crippen molar-refractivity contribution < 1.29 is 108 Å². The number of halogens is 9. The number of benzene rings is 2. The number of nitrogens with one attached hydrogen (secondary N) is 2. The number of hydrogen-bond acceptors (Lipinski definition) is 23. The van der Waals surface area contributed by atoms with Gasteiger partial charge in [-0.2, -0.15) is 6.42 Å². The first kappa shape index (κ1) is 123. The maximum Gasteiger partial charge on any atom is 1.00 e. The van der Waals surface area contributed by atoms with Gasteiger partial charge in [0.25, 0.3) is 23.6 Å². The van der Waals surface area contributed by atoms with Gasteiger partial charge in [-0.3, -0.25) is 59.3 Å². The molecule has 8 heterocycles. The fourth-order valence-corrected chi connectivity index (χ4v) is 13.9. The zero-order valence-electron chi connectivity index (χ0n) is 75.0. The number of hydrogen-bond donors (Lipinski definition) is 5. The summed E-state index contributed by atoms with van der Waals surface area (Å²) >= 11 is 27.3. The average Bonchev–Trinajstić information content (AvgIpc) is 1.64. The van der Waals surface area contributed by atoms with Gasteiger partial charge >= 0.3 is 113 Å². The number of pyridine rings is 6. The Balaban J connectivity index is 0. The van der Waals surface area contributed by atoms with Crippen LogP contribution in [0.3, 0.4) is 0 Å². The summed E-state index contributed by atoms with van der Waals surface area (Å²) in [6, 6.07) is 25.2. The molecule has 6 N–H and O–H groups in total. The Hall–Kier alpha value is -4.34. The van der Waals surface area contributed by atoms with Gasteiger partial charge in [0.1, 0.15) is 28.8 Å². The van der Waals surface area contributed by atoms with Crippen LogP contribution in [0.2, 0.25) is 0 Å². The van der Waals surface area contributed by atoms with Crippen molar-refractivity contribution in [2.24, 2.45) is 23.5 Å². The number of aromatic nitrogens is 6. The standard InChI is InChI=1S/C17H25BrN2O2.C14H9BrN2O2.C12H17BrN2.C10H18O5.C8H5NO2.C6H7BrN2.2C6H6BrNO.C6H10O.C3H7.CH4O.B.3HI.Na.V.H/c1-17(2,3)22-16(21)20(11-13-6-4-5-7-13)12-14-8-15(18)10-19-9-14;15-10-5-9(6-16-7-10)8-17-13(18)11-3-1-2-4-12(11)14(17)19;13-12-5-11(8-15-9-12)7-14-6-10-3-1-2-4-10;1-9(2,3)14-7(11)13-8(12)15-10(4,5)6;10-7-5-3-1-2-4-6(5)8(11)9-7;7-6-1-5(2-8)3-9-4-6;1-9-6-2-5(7)3-8-4-6;7-6-1-5(4-9)2-8-3-6;7-5-6-3-1-2-4-6;1-3-2;1-2;;;;;;;/h8-10,13H,4-7,11-12H2,1-3H3;1-7H,8H2;5,8-10,14H,1-4,6-7H2;1-6H3;1-4H,(H,9,10,11);1,3-4H,2,8H2;2-4H,1H3;1-3,9H,4H2;5-6H,1-4H2;1,3H2,2H3;2H,1H3;;3*1H;;;/q;;;;;;;;;-1;;;;;;+1;+3;-1/p-3. The summed E-state index contributed by atoms with van der Waals surface area (Å²) in [7, 11) is 2.61. The molecule has 0 unspecified atom stereocenters. The minimum Gasteiger partial charge on any atom is 1.00 e. The van der Waals surface area contributed by atoms with Gasteiger partial charge in [-0.1, -0.05) is 69.7 Å². The van der Waals surface area contributed by atoms with Crippen molar-refractivity contribution in [3.63, 3.8) is 0 Å². The van der Waals surface area contributed by atoms with Crippen LogP contribution in [0, 0.1) is 24.7 Å². The van der Waals surface area contributed by atoms with Gasteiger partial charge in [0, 0.05) is 136 Å². The molecule has 3 aliphatic carbocycles. The number of aliphatic hydroxyl groups excluding tert-OH is 2. The van der Waals surface area contributed by atoms with Gasteiger partial charge in [-0.05, 0) is 303 Å². The van der Waals surface area contributed by atoms with E-state index in [1.807, 2.05) is 75.3 Å². The molecular weight excluding hydrogens is 2410 g/mol. The van der Waals surface area contributed by atoms with E-state index in [1.54, 1.807) is 159 Å². The van der Waals surface area contributed by atoms with E-state index < -0.39 is 29.1 Å². The van der Waals surface area contributed by atoms with Crippen molar-refractivity contribution in [1.29, 1.82) is 0 Å². The number of ether oxygens (including phenoxy) is 5. The topological polar surface area (TPSA) is 357 Å². The molecule has 0 spiro atoms. The van der Waals surface area contributed by atoms with Crippen molar-refractivity contribution in [3.05, 3.63) is 243 Å². The SMILES string of the molecule is Brc1cncc(CNCC2CCCC2)c1.CC(C)(C)OC(=O)N(Cc1cncc(Br)c1)CC1CCCC1.CC(C)(C)OC(=O)OC(=O)OC(C)(C)C.CO.COc1cncc(Br)c1.NCc1cncc(Br)c1.O=C1NC(=O)c2ccccc21.O=C1c2ccccc2C(=O)N1Cc1cncc(Br)c1.O=CC1CCCC1.OCc1cncc(Br)c1.[B].[CH2-]CC.[H-].[I][V]([I])[I].[Na+]. The average molecular weight is 2520 g/mol. The number of imide groups is 2. The molecular formula is C89H115BBr6I3N11NaO15V-. The van der Waals surface area contributed by atoms with Crippen molar-refractivity contribution >= 4 is 212 Å². The molecule has 13 rings (SSSR count). The van der Waals surface area contributed by atoms with Gasteiger partial charge in [-0.25, -0.2) is 14.4 Å². The van der Waals surface area contributed by atoms with E-state index in [0.29, 0.717) is 47.2 Å². The van der Waals surface area contributed by atoms with Gasteiger partial charge in [0.2, 0.25) is 0 Å². The second-order valence-corrected chi connectivity index (χ2v) is 71.6. The fraction of sp³-hybridized carbons (Fsp3) is 0.427. The minimum absolute atomic E-state index is 0. The van der Waals surface area contributed by atoms with Crippen molar-refractivity contribution in [1.82, 2.24) is 50.3 Å². The summed E-state index contributed by atoms with van der Waals surface area (Å²) in [4.78, 5) is 118. The summed E-state index contributed by atoms with van der Waals surface area (Å²) in [5, 5.41) is 21.3. The number of fused-ring (bicyclic) bond motifs is 2. The van der Waals surface area contributed by atoms with Gasteiger partial charge in [0.15, 0.2) is 0 Å². The molecule has 0 bridgehead atoms. The number of rotatable bonds is 14. The Bertz CT molecular complexity index is 4380. The van der Waals surface area contributed by atoms with Crippen LogP contribution >= 0.6 is 156 Å². The molecule has 3 radical (unpaired) electrons. The van der Waals surface area contributed by atoms with Crippen LogP contribution < -0.4 is 50.7 Å². The maximum absolute atomic E-state index is 12.5. The maximum atomic E-state index is 12.5. The van der Waals surface area contributed by atoms with E-state index in [-0.39, 0.29) is 87.2 Å². The number of carbonyl (C=O) groups excluding carboxylic acids is 8. The molecule has 689 valence electrons. The number of aliphatic hydroxyl groups is 2. The molecule has 6 aromatic heterocycles. The fourth-order valence-electron chi connectivity index (χ4n) is 11.5. The van der Waals surface area contributed by atoms with E-state index in [2.05, 4.69) is 214 Å². The number of aldehydes is 1. The zero-order chi connectivity index (χ0) is 93.7. The summed E-state index contributed by atoms with van der Waals surface area (Å²) in [6.45, 7) is 25.5. The van der Waals surface area contributed by atoms with E-state index in [9.17, 15) is 38.4 Å². The number of nitrogens with two attached hydrogens (primary N) is 1. The normalized spacial score (nSPS) is 13.2. The van der Waals surface area contributed by atoms with Crippen LogP contribution in [0.25, 0.3) is 0 Å². The van der Waals surface area contributed by atoms with Crippen LogP contribution in [-0.4, -0.2) is 151 Å². The van der Waals surface area contributed by atoms with Crippen LogP contribution in [0.4, 0.5) is 14.4 Å².